The van der Waals surface area contributed by atoms with Gasteiger partial charge in [0.1, 0.15) is 0 Å². The van der Waals surface area contributed by atoms with E-state index in [-0.39, 0.29) is 0 Å². The Morgan fingerprint density at radius 1 is 0.680 bits per heavy atom. The highest BCUT2D eigenvalue weighted by Crippen LogP contribution is 2.31. The molecule has 0 aliphatic carbocycles. The first-order valence-corrected chi connectivity index (χ1v) is 10.1. The van der Waals surface area contributed by atoms with Crippen molar-refractivity contribution in [1.82, 2.24) is 0 Å². The molecular weight excluding hydrogens is 368 g/mol. The minimum Gasteiger partial charge on any atom is -0.306 e. The maximum atomic E-state index is 5.49. The first kappa shape index (κ1) is 20.2. The van der Waals surface area contributed by atoms with E-state index >= 15 is 0 Å². The number of rotatable bonds is 10. The van der Waals surface area contributed by atoms with E-state index in [0.717, 1.165) is 20.9 Å². The fourth-order valence-electron chi connectivity index (χ4n) is 1.66. The quantitative estimate of drug-likeness (QED) is 0.319. The highest BCUT2D eigenvalue weighted by atomic mass is 32.2. The van der Waals surface area contributed by atoms with Gasteiger partial charge in [-0.2, -0.15) is 0 Å². The Labute approximate surface area is 163 Å². The van der Waals surface area contributed by atoms with Crippen molar-refractivity contribution in [2.45, 2.75) is 33.4 Å². The van der Waals surface area contributed by atoms with Crippen molar-refractivity contribution in [2.75, 3.05) is 13.2 Å². The Morgan fingerprint density at radius 2 is 1.00 bits per heavy atom. The van der Waals surface area contributed by atoms with Gasteiger partial charge < -0.3 is 8.37 Å². The third kappa shape index (κ3) is 8.21. The van der Waals surface area contributed by atoms with Crippen LogP contribution in [0.2, 0.25) is 0 Å². The van der Waals surface area contributed by atoms with Gasteiger partial charge in [0, 0.05) is 43.7 Å². The van der Waals surface area contributed by atoms with Crippen LogP contribution >= 0.6 is 35.8 Å². The average molecular weight is 391 g/mol. The molecule has 0 heterocycles. The second-order valence-electron chi connectivity index (χ2n) is 5.65. The normalized spacial score (nSPS) is 10.6. The molecule has 0 bridgehead atoms. The SMILES string of the molecule is C=C(C)COSc1ccc(Sc2ccc(SOCC(=C)C)cc2)cc1. The molecule has 0 aliphatic heterocycles. The van der Waals surface area contributed by atoms with Gasteiger partial charge in [0.2, 0.25) is 0 Å². The van der Waals surface area contributed by atoms with E-state index in [2.05, 4.69) is 61.7 Å². The lowest BCUT2D eigenvalue weighted by molar-refractivity contribution is 0.416. The van der Waals surface area contributed by atoms with Crippen LogP contribution < -0.4 is 0 Å². The molecule has 0 atom stereocenters. The minimum atomic E-state index is 0.571. The molecule has 0 spiro atoms. The Bertz CT molecular complexity index is 632. The summed E-state index contributed by atoms with van der Waals surface area (Å²) < 4.78 is 11.0. The van der Waals surface area contributed by atoms with Gasteiger partial charge in [-0.1, -0.05) is 36.1 Å². The summed E-state index contributed by atoms with van der Waals surface area (Å²) in [5, 5.41) is 0. The predicted octanol–water partition coefficient (Wildman–Crippen LogP) is 7.04. The second kappa shape index (κ2) is 10.8. The summed E-state index contributed by atoms with van der Waals surface area (Å²) in [4.78, 5) is 4.57. The van der Waals surface area contributed by atoms with E-state index in [0.29, 0.717) is 13.2 Å². The smallest absolute Gasteiger partial charge is 0.0824 e. The summed E-state index contributed by atoms with van der Waals surface area (Å²) in [6.45, 7) is 12.7. The molecule has 0 radical (unpaired) electrons. The lowest BCUT2D eigenvalue weighted by atomic mass is 10.4. The van der Waals surface area contributed by atoms with Crippen LogP contribution in [0.15, 0.2) is 92.4 Å². The van der Waals surface area contributed by atoms with Gasteiger partial charge in [-0.3, -0.25) is 0 Å². The predicted molar refractivity (Wildman–Crippen MR) is 110 cm³/mol. The third-order valence-corrected chi connectivity index (χ3v) is 5.22. The van der Waals surface area contributed by atoms with Gasteiger partial charge in [-0.15, -0.1) is 0 Å². The molecule has 2 nitrogen and oxygen atoms in total. The molecule has 2 aromatic carbocycles. The van der Waals surface area contributed by atoms with Crippen LogP contribution in [-0.4, -0.2) is 13.2 Å². The summed E-state index contributed by atoms with van der Waals surface area (Å²) in [6, 6.07) is 16.7. The van der Waals surface area contributed by atoms with E-state index in [1.165, 1.54) is 33.9 Å². The zero-order valence-electron chi connectivity index (χ0n) is 14.5. The molecule has 0 N–H and O–H groups in total. The standard InChI is InChI=1S/C20H22O2S3/c1-15(2)13-21-24-19-9-5-17(6-10-19)23-18-7-11-20(12-8-18)25-22-14-16(3)4/h5-12H,1,3,13-14H2,2,4H3. The van der Waals surface area contributed by atoms with Crippen LogP contribution in [0.25, 0.3) is 0 Å². The molecule has 0 aromatic heterocycles. The van der Waals surface area contributed by atoms with Crippen molar-refractivity contribution in [2.24, 2.45) is 0 Å². The molecule has 5 heteroatoms. The monoisotopic (exact) mass is 390 g/mol. The molecule has 2 aromatic rings. The number of benzene rings is 2. The molecule has 132 valence electrons. The Morgan fingerprint density at radius 3 is 1.32 bits per heavy atom. The molecule has 0 aliphatic rings. The first-order valence-electron chi connectivity index (χ1n) is 7.78. The Balaban J connectivity index is 1.83. The van der Waals surface area contributed by atoms with Gasteiger partial charge in [-0.05, 0) is 62.4 Å². The molecule has 0 fully saturated rings. The van der Waals surface area contributed by atoms with Crippen LogP contribution in [-0.2, 0) is 8.37 Å². The highest BCUT2D eigenvalue weighted by molar-refractivity contribution is 7.99. The van der Waals surface area contributed by atoms with Crippen molar-refractivity contribution in [1.29, 1.82) is 0 Å². The largest absolute Gasteiger partial charge is 0.306 e. The van der Waals surface area contributed by atoms with Crippen LogP contribution in [0.1, 0.15) is 13.8 Å². The van der Waals surface area contributed by atoms with Crippen molar-refractivity contribution < 1.29 is 8.37 Å². The van der Waals surface area contributed by atoms with Crippen molar-refractivity contribution in [3.63, 3.8) is 0 Å². The molecular formula is C20H22O2S3. The molecule has 0 saturated heterocycles. The van der Waals surface area contributed by atoms with Gasteiger partial charge in [0.05, 0.1) is 13.2 Å². The van der Waals surface area contributed by atoms with Crippen molar-refractivity contribution >= 4 is 35.8 Å². The van der Waals surface area contributed by atoms with Crippen LogP contribution in [0, 0.1) is 0 Å². The highest BCUT2D eigenvalue weighted by Gasteiger charge is 2.01. The molecule has 25 heavy (non-hydrogen) atoms. The Kier molecular flexibility index (Phi) is 8.72. The summed E-state index contributed by atoms with van der Waals surface area (Å²) in [5.41, 5.74) is 2.04. The van der Waals surface area contributed by atoms with Crippen LogP contribution in [0.4, 0.5) is 0 Å². The van der Waals surface area contributed by atoms with E-state index in [1.807, 2.05) is 13.8 Å². The zero-order chi connectivity index (χ0) is 18.1. The summed E-state index contributed by atoms with van der Waals surface area (Å²) >= 11 is 4.50. The second-order valence-corrected chi connectivity index (χ2v) is 8.54. The summed E-state index contributed by atoms with van der Waals surface area (Å²) in [7, 11) is 0. The molecule has 0 unspecified atom stereocenters. The molecule has 0 amide bonds. The summed E-state index contributed by atoms with van der Waals surface area (Å²) in [6.07, 6.45) is 0. The van der Waals surface area contributed by atoms with Gasteiger partial charge in [0.25, 0.3) is 0 Å². The number of hydrogen-bond donors (Lipinski definition) is 0. The van der Waals surface area contributed by atoms with Gasteiger partial charge in [0.15, 0.2) is 0 Å². The van der Waals surface area contributed by atoms with Gasteiger partial charge >= 0.3 is 0 Å². The minimum absolute atomic E-state index is 0.571. The Hall–Kier alpha value is -1.11. The average Bonchev–Trinajstić information content (AvgIpc) is 2.57. The summed E-state index contributed by atoms with van der Waals surface area (Å²) in [5.74, 6) is 0. The maximum Gasteiger partial charge on any atom is 0.0824 e. The third-order valence-electron chi connectivity index (χ3n) is 2.80. The maximum absolute atomic E-state index is 5.49. The molecule has 2 rings (SSSR count). The van der Waals surface area contributed by atoms with E-state index in [9.17, 15) is 0 Å². The van der Waals surface area contributed by atoms with Crippen LogP contribution in [0.3, 0.4) is 0 Å². The fraction of sp³-hybridized carbons (Fsp3) is 0.200. The van der Waals surface area contributed by atoms with Crippen molar-refractivity contribution in [3.8, 4) is 0 Å². The number of hydrogen-bond acceptors (Lipinski definition) is 5. The van der Waals surface area contributed by atoms with E-state index < -0.39 is 0 Å². The molecule has 0 saturated carbocycles. The van der Waals surface area contributed by atoms with Crippen molar-refractivity contribution in [3.05, 3.63) is 72.8 Å². The lowest BCUT2D eigenvalue weighted by Crippen LogP contribution is -1.86. The van der Waals surface area contributed by atoms with E-state index in [1.54, 1.807) is 11.8 Å². The lowest BCUT2D eigenvalue weighted by Gasteiger charge is -2.06. The zero-order valence-corrected chi connectivity index (χ0v) is 16.9. The fourth-order valence-corrected chi connectivity index (χ4v) is 3.76. The first-order chi connectivity index (χ1) is 12.0. The van der Waals surface area contributed by atoms with Gasteiger partial charge in [-0.25, -0.2) is 0 Å². The topological polar surface area (TPSA) is 18.5 Å². The van der Waals surface area contributed by atoms with Crippen LogP contribution in [0.5, 0.6) is 0 Å². The van der Waals surface area contributed by atoms with E-state index in [4.69, 9.17) is 8.37 Å².